The number of hydrogen-bond donors (Lipinski definition) is 1. The molecule has 5 nitrogen and oxygen atoms in total. The van der Waals surface area contributed by atoms with Crippen LogP contribution in [-0.4, -0.2) is 36.8 Å². The Morgan fingerprint density at radius 1 is 1.29 bits per heavy atom. The molecule has 21 heavy (non-hydrogen) atoms. The van der Waals surface area contributed by atoms with Crippen molar-refractivity contribution < 1.29 is 8.42 Å². The normalized spacial score (nSPS) is 12.1. The molecule has 1 rings (SSSR count). The van der Waals surface area contributed by atoms with E-state index >= 15 is 0 Å². The minimum absolute atomic E-state index is 0.0680. The Morgan fingerprint density at radius 3 is 2.57 bits per heavy atom. The van der Waals surface area contributed by atoms with Gasteiger partial charge in [-0.05, 0) is 33.3 Å². The molecular formula is C15H27N3O2S. The Balaban J connectivity index is 3.11. The second kappa shape index (κ2) is 8.34. The molecule has 0 aliphatic carbocycles. The zero-order valence-corrected chi connectivity index (χ0v) is 14.3. The molecule has 0 bridgehead atoms. The first-order valence-electron chi connectivity index (χ1n) is 7.64. The summed E-state index contributed by atoms with van der Waals surface area (Å²) in [7, 11) is -3.53. The van der Waals surface area contributed by atoms with E-state index in [1.54, 1.807) is 16.6 Å². The van der Waals surface area contributed by atoms with Gasteiger partial charge in [-0.1, -0.05) is 19.8 Å². The van der Waals surface area contributed by atoms with Gasteiger partial charge >= 0.3 is 0 Å². The van der Waals surface area contributed by atoms with Crippen LogP contribution in [0.4, 0.5) is 5.69 Å². The van der Waals surface area contributed by atoms with Crippen LogP contribution in [0.15, 0.2) is 23.4 Å². The van der Waals surface area contributed by atoms with Crippen molar-refractivity contribution in [3.8, 4) is 0 Å². The van der Waals surface area contributed by atoms with Crippen molar-refractivity contribution in [2.24, 2.45) is 0 Å². The van der Waals surface area contributed by atoms with Gasteiger partial charge in [0.2, 0.25) is 10.0 Å². The van der Waals surface area contributed by atoms with Gasteiger partial charge in [0, 0.05) is 31.5 Å². The first-order chi connectivity index (χ1) is 9.95. The van der Waals surface area contributed by atoms with Crippen LogP contribution in [0.2, 0.25) is 0 Å². The van der Waals surface area contributed by atoms with Crippen LogP contribution in [0.1, 0.15) is 47.0 Å². The third-order valence-electron chi connectivity index (χ3n) is 3.30. The van der Waals surface area contributed by atoms with Gasteiger partial charge in [0.05, 0.1) is 5.69 Å². The lowest BCUT2D eigenvalue weighted by molar-refractivity contribution is 0.345. The smallest absolute Gasteiger partial charge is 0.246 e. The molecule has 0 aliphatic rings. The summed E-state index contributed by atoms with van der Waals surface area (Å²) < 4.78 is 27.4. The molecule has 0 radical (unpaired) electrons. The van der Waals surface area contributed by atoms with Crippen molar-refractivity contribution in [2.45, 2.75) is 57.9 Å². The predicted octanol–water partition coefficient (Wildman–Crippen LogP) is 3.10. The van der Waals surface area contributed by atoms with E-state index in [1.165, 1.54) is 6.20 Å². The SMILES string of the molecule is CCCCCN(C(C)C)S(=O)(=O)c1cnccc1NCC. The number of rotatable bonds is 9. The molecule has 1 aromatic rings. The third-order valence-corrected chi connectivity index (χ3v) is 5.40. The molecule has 120 valence electrons. The quantitative estimate of drug-likeness (QED) is 0.712. The van der Waals surface area contributed by atoms with Crippen molar-refractivity contribution in [1.82, 2.24) is 9.29 Å². The van der Waals surface area contributed by atoms with E-state index in [2.05, 4.69) is 17.2 Å². The molecule has 6 heteroatoms. The van der Waals surface area contributed by atoms with Gasteiger partial charge < -0.3 is 5.32 Å². The molecule has 1 aromatic heterocycles. The molecule has 0 spiro atoms. The summed E-state index contributed by atoms with van der Waals surface area (Å²) in [4.78, 5) is 4.25. The van der Waals surface area contributed by atoms with Crippen molar-refractivity contribution in [3.63, 3.8) is 0 Å². The van der Waals surface area contributed by atoms with E-state index < -0.39 is 10.0 Å². The third kappa shape index (κ3) is 4.68. The predicted molar refractivity (Wildman–Crippen MR) is 87.0 cm³/mol. The minimum atomic E-state index is -3.53. The fourth-order valence-electron chi connectivity index (χ4n) is 2.22. The summed E-state index contributed by atoms with van der Waals surface area (Å²) in [6, 6.07) is 1.64. The lowest BCUT2D eigenvalue weighted by Crippen LogP contribution is -2.38. The van der Waals surface area contributed by atoms with E-state index in [4.69, 9.17) is 0 Å². The zero-order chi connectivity index (χ0) is 15.9. The van der Waals surface area contributed by atoms with Gasteiger partial charge in [0.25, 0.3) is 0 Å². The van der Waals surface area contributed by atoms with E-state index in [0.29, 0.717) is 18.8 Å². The summed E-state index contributed by atoms with van der Waals surface area (Å²) in [6.07, 6.45) is 6.02. The second-order valence-electron chi connectivity index (χ2n) is 5.32. The fourth-order valence-corrected chi connectivity index (χ4v) is 4.01. The van der Waals surface area contributed by atoms with Gasteiger partial charge in [-0.25, -0.2) is 8.42 Å². The number of nitrogens with zero attached hydrogens (tertiary/aromatic N) is 2. The van der Waals surface area contributed by atoms with E-state index in [1.807, 2.05) is 20.8 Å². The molecule has 0 aromatic carbocycles. The zero-order valence-electron chi connectivity index (χ0n) is 13.5. The van der Waals surface area contributed by atoms with Gasteiger partial charge in [-0.3, -0.25) is 4.98 Å². The summed E-state index contributed by atoms with van der Waals surface area (Å²) in [5.41, 5.74) is 0.619. The number of sulfonamides is 1. The van der Waals surface area contributed by atoms with Crippen LogP contribution >= 0.6 is 0 Å². The van der Waals surface area contributed by atoms with Crippen molar-refractivity contribution in [1.29, 1.82) is 0 Å². The van der Waals surface area contributed by atoms with Crippen molar-refractivity contribution in [2.75, 3.05) is 18.4 Å². The number of pyridine rings is 1. The standard InChI is InChI=1S/C15H27N3O2S/c1-5-7-8-11-18(13(3)4)21(19,20)15-12-16-10-9-14(15)17-6-2/h9-10,12-13H,5-8,11H2,1-4H3,(H,16,17). The molecule has 0 unspecified atom stereocenters. The molecule has 0 amide bonds. The first kappa shape index (κ1) is 17.9. The molecule has 1 N–H and O–H groups in total. The highest BCUT2D eigenvalue weighted by molar-refractivity contribution is 7.89. The molecule has 1 heterocycles. The highest BCUT2D eigenvalue weighted by Crippen LogP contribution is 2.25. The minimum Gasteiger partial charge on any atom is -0.384 e. The van der Waals surface area contributed by atoms with Crippen LogP contribution in [0.25, 0.3) is 0 Å². The lowest BCUT2D eigenvalue weighted by atomic mass is 10.2. The Labute approximate surface area is 128 Å². The molecule has 0 fully saturated rings. The number of hydrogen-bond acceptors (Lipinski definition) is 4. The van der Waals surface area contributed by atoms with E-state index in [0.717, 1.165) is 19.3 Å². The van der Waals surface area contributed by atoms with E-state index in [9.17, 15) is 8.42 Å². The Hall–Kier alpha value is -1.14. The number of unbranched alkanes of at least 4 members (excludes halogenated alkanes) is 2. The molecule has 0 atom stereocenters. The van der Waals surface area contributed by atoms with Gasteiger partial charge in [-0.2, -0.15) is 4.31 Å². The van der Waals surface area contributed by atoms with Crippen molar-refractivity contribution in [3.05, 3.63) is 18.5 Å². The van der Waals surface area contributed by atoms with Crippen LogP contribution in [0.3, 0.4) is 0 Å². The lowest BCUT2D eigenvalue weighted by Gasteiger charge is -2.26. The highest BCUT2D eigenvalue weighted by Gasteiger charge is 2.28. The first-order valence-corrected chi connectivity index (χ1v) is 9.08. The monoisotopic (exact) mass is 313 g/mol. The van der Waals surface area contributed by atoms with Gasteiger partial charge in [0.15, 0.2) is 0 Å². The maximum absolute atomic E-state index is 12.9. The van der Waals surface area contributed by atoms with Gasteiger partial charge in [-0.15, -0.1) is 0 Å². The summed E-state index contributed by atoms with van der Waals surface area (Å²) in [5, 5.41) is 3.10. The molecule has 0 aliphatic heterocycles. The Bertz CT molecular complexity index is 529. The molecular weight excluding hydrogens is 286 g/mol. The van der Waals surface area contributed by atoms with Crippen LogP contribution in [0, 0.1) is 0 Å². The maximum atomic E-state index is 12.9. The molecule has 0 saturated heterocycles. The topological polar surface area (TPSA) is 62.3 Å². The largest absolute Gasteiger partial charge is 0.384 e. The average molecular weight is 313 g/mol. The Kier molecular flexibility index (Phi) is 7.11. The second-order valence-corrected chi connectivity index (χ2v) is 7.18. The molecule has 0 saturated carbocycles. The Morgan fingerprint density at radius 2 is 2.00 bits per heavy atom. The van der Waals surface area contributed by atoms with Crippen molar-refractivity contribution >= 4 is 15.7 Å². The maximum Gasteiger partial charge on any atom is 0.246 e. The summed E-state index contributed by atoms with van der Waals surface area (Å²) >= 11 is 0. The number of nitrogens with one attached hydrogen (secondary N) is 1. The van der Waals surface area contributed by atoms with Crippen LogP contribution in [0.5, 0.6) is 0 Å². The fraction of sp³-hybridized carbons (Fsp3) is 0.667. The van der Waals surface area contributed by atoms with Crippen LogP contribution < -0.4 is 5.32 Å². The number of anilines is 1. The summed E-state index contributed by atoms with van der Waals surface area (Å²) in [6.45, 7) is 9.09. The highest BCUT2D eigenvalue weighted by atomic mass is 32.2. The number of aromatic nitrogens is 1. The average Bonchev–Trinajstić information content (AvgIpc) is 2.43. The van der Waals surface area contributed by atoms with E-state index in [-0.39, 0.29) is 10.9 Å². The van der Waals surface area contributed by atoms with Crippen LogP contribution in [-0.2, 0) is 10.0 Å². The van der Waals surface area contributed by atoms with Gasteiger partial charge in [0.1, 0.15) is 4.90 Å². The summed E-state index contributed by atoms with van der Waals surface area (Å²) in [5.74, 6) is 0.